The molecule has 0 saturated carbocycles. The minimum Gasteiger partial charge on any atom is -0.468 e. The molecule has 0 bridgehead atoms. The second-order valence-corrected chi connectivity index (χ2v) is 10.3. The first-order valence-corrected chi connectivity index (χ1v) is 13.8. The molecule has 0 saturated heterocycles. The first-order valence-electron chi connectivity index (χ1n) is 13.8. The predicted molar refractivity (Wildman–Crippen MR) is 163 cm³/mol. The van der Waals surface area contributed by atoms with Crippen LogP contribution in [-0.4, -0.2) is 13.1 Å². The van der Waals surface area contributed by atoms with Crippen molar-refractivity contribution >= 4 is 17.1 Å². The van der Waals surface area contributed by atoms with Gasteiger partial charge >= 0.3 is 5.97 Å². The number of carbonyl (C=O) groups is 1. The number of ether oxygens (including phenoxy) is 1. The summed E-state index contributed by atoms with van der Waals surface area (Å²) >= 11 is 0. The third kappa shape index (κ3) is 4.36. The van der Waals surface area contributed by atoms with E-state index < -0.39 is 5.41 Å². The number of hydrogen-bond donors (Lipinski definition) is 0. The van der Waals surface area contributed by atoms with E-state index in [4.69, 9.17) is 4.74 Å². The van der Waals surface area contributed by atoms with E-state index in [-0.39, 0.29) is 17.8 Å². The molecule has 2 nitrogen and oxygen atoms in total. The predicted octanol–water partition coefficient (Wildman–Crippen LogP) is 8.68. The molecule has 0 N–H and O–H groups in total. The Hall–Kier alpha value is -4.69. The highest BCUT2D eigenvalue weighted by Gasteiger charge is 2.57. The van der Waals surface area contributed by atoms with Crippen LogP contribution in [0.2, 0.25) is 0 Å². The van der Waals surface area contributed by atoms with Gasteiger partial charge in [-0.15, -0.1) is 0 Å². The number of esters is 1. The molecule has 5 aromatic rings. The van der Waals surface area contributed by atoms with Gasteiger partial charge in [0.05, 0.1) is 7.11 Å². The van der Waals surface area contributed by atoms with Gasteiger partial charge < -0.3 is 4.74 Å². The molecule has 1 aliphatic rings. The molecular weight excluding hydrogens is 488 g/mol. The van der Waals surface area contributed by atoms with Crippen molar-refractivity contribution in [2.24, 2.45) is 0 Å². The third-order valence-electron chi connectivity index (χ3n) is 8.29. The molecule has 5 aromatic carbocycles. The lowest BCUT2D eigenvalue weighted by Gasteiger charge is -2.48. The number of rotatable bonds is 6. The largest absolute Gasteiger partial charge is 0.468 e. The topological polar surface area (TPSA) is 26.3 Å². The molecule has 3 unspecified atom stereocenters. The van der Waals surface area contributed by atoms with Gasteiger partial charge in [-0.05, 0) is 45.4 Å². The zero-order chi connectivity index (χ0) is 27.4. The fraction of sp³-hybridized carbons (Fsp3) is 0.132. The number of hydrogen-bond acceptors (Lipinski definition) is 2. The third-order valence-corrected chi connectivity index (χ3v) is 8.29. The number of allylic oxidation sites excluding steroid dienone is 1. The van der Waals surface area contributed by atoms with Crippen molar-refractivity contribution in [1.29, 1.82) is 0 Å². The summed E-state index contributed by atoms with van der Waals surface area (Å²) in [6.07, 6.45) is 0.749. The molecule has 0 amide bonds. The van der Waals surface area contributed by atoms with Crippen molar-refractivity contribution in [3.63, 3.8) is 0 Å². The zero-order valence-corrected chi connectivity index (χ0v) is 22.6. The first-order chi connectivity index (χ1) is 19.7. The normalized spacial score (nSPS) is 20.6. The quantitative estimate of drug-likeness (QED) is 0.209. The van der Waals surface area contributed by atoms with Crippen LogP contribution in [0.15, 0.2) is 152 Å². The summed E-state index contributed by atoms with van der Waals surface area (Å²) in [4.78, 5) is 14.6. The van der Waals surface area contributed by atoms with Crippen LogP contribution < -0.4 is 0 Å². The molecule has 196 valence electrons. The van der Waals surface area contributed by atoms with Gasteiger partial charge in [0, 0.05) is 11.8 Å². The Bertz CT molecular complexity index is 1590. The van der Waals surface area contributed by atoms with Gasteiger partial charge in [-0.25, -0.2) is 0 Å². The fourth-order valence-electron chi connectivity index (χ4n) is 6.67. The molecule has 0 spiro atoms. The van der Waals surface area contributed by atoms with Crippen LogP contribution in [0.3, 0.4) is 0 Å². The van der Waals surface area contributed by atoms with Crippen LogP contribution >= 0.6 is 0 Å². The second kappa shape index (κ2) is 11.2. The highest BCUT2D eigenvalue weighted by atomic mass is 16.5. The van der Waals surface area contributed by atoms with E-state index >= 15 is 0 Å². The summed E-state index contributed by atoms with van der Waals surface area (Å²) in [5.41, 5.74) is 6.54. The lowest BCUT2D eigenvalue weighted by Crippen LogP contribution is -2.47. The maximum Gasteiger partial charge on any atom is 0.321 e. The average Bonchev–Trinajstić information content (AvgIpc) is 3.05. The van der Waals surface area contributed by atoms with Gasteiger partial charge in [0.15, 0.2) is 0 Å². The highest BCUT2D eigenvalue weighted by molar-refractivity contribution is 6.10. The molecule has 0 fully saturated rings. The summed E-state index contributed by atoms with van der Waals surface area (Å²) in [6, 6.07) is 52.4. The maximum atomic E-state index is 14.6. The molecular formula is C38H32O2. The summed E-state index contributed by atoms with van der Waals surface area (Å²) < 4.78 is 5.80. The second-order valence-electron chi connectivity index (χ2n) is 10.3. The van der Waals surface area contributed by atoms with Crippen molar-refractivity contribution in [2.45, 2.75) is 23.7 Å². The van der Waals surface area contributed by atoms with E-state index in [0.29, 0.717) is 0 Å². The van der Waals surface area contributed by atoms with E-state index in [1.807, 2.05) is 36.4 Å². The van der Waals surface area contributed by atoms with Gasteiger partial charge in [0.25, 0.3) is 0 Å². The lowest BCUT2D eigenvalue weighted by atomic mass is 9.53. The summed E-state index contributed by atoms with van der Waals surface area (Å²) in [5, 5.41) is 0. The molecule has 1 aliphatic carbocycles. The maximum absolute atomic E-state index is 14.6. The van der Waals surface area contributed by atoms with Crippen LogP contribution in [0.4, 0.5) is 0 Å². The van der Waals surface area contributed by atoms with Crippen molar-refractivity contribution in [3.8, 4) is 0 Å². The minimum atomic E-state index is -1.07. The SMILES string of the molecule is COC(=O)C1(c2ccccc2)C(c2ccccc2)=C(c2ccccc2)C(c2ccccc2)CC1c1ccccc1. The van der Waals surface area contributed by atoms with Crippen LogP contribution in [-0.2, 0) is 14.9 Å². The number of benzene rings is 5. The van der Waals surface area contributed by atoms with Crippen LogP contribution in [0.1, 0.15) is 46.1 Å². The van der Waals surface area contributed by atoms with E-state index in [9.17, 15) is 4.79 Å². The van der Waals surface area contributed by atoms with Crippen molar-refractivity contribution in [2.75, 3.05) is 7.11 Å². The minimum absolute atomic E-state index is 0.0607. The number of methoxy groups -OCH3 is 1. The Morgan fingerprint density at radius 1 is 0.600 bits per heavy atom. The summed E-state index contributed by atoms with van der Waals surface area (Å²) in [6.45, 7) is 0. The lowest BCUT2D eigenvalue weighted by molar-refractivity contribution is -0.146. The van der Waals surface area contributed by atoms with Gasteiger partial charge in [-0.3, -0.25) is 4.79 Å². The van der Waals surface area contributed by atoms with Crippen molar-refractivity contribution in [3.05, 3.63) is 179 Å². The molecule has 0 aromatic heterocycles. The van der Waals surface area contributed by atoms with E-state index in [2.05, 4.69) is 115 Å². The van der Waals surface area contributed by atoms with Crippen molar-refractivity contribution < 1.29 is 9.53 Å². The average molecular weight is 521 g/mol. The van der Waals surface area contributed by atoms with Crippen LogP contribution in [0.25, 0.3) is 11.1 Å². The first kappa shape index (κ1) is 25.6. The van der Waals surface area contributed by atoms with Gasteiger partial charge in [-0.2, -0.15) is 0 Å². The fourth-order valence-corrected chi connectivity index (χ4v) is 6.67. The monoisotopic (exact) mass is 520 g/mol. The van der Waals surface area contributed by atoms with Gasteiger partial charge in [0.1, 0.15) is 5.41 Å². The van der Waals surface area contributed by atoms with Crippen LogP contribution in [0, 0.1) is 0 Å². The zero-order valence-electron chi connectivity index (χ0n) is 22.6. The molecule has 0 aliphatic heterocycles. The number of carbonyl (C=O) groups excluding carboxylic acids is 1. The Kier molecular flexibility index (Phi) is 7.16. The Balaban J connectivity index is 1.83. The summed E-state index contributed by atoms with van der Waals surface area (Å²) in [7, 11) is 1.52. The Morgan fingerprint density at radius 3 is 1.57 bits per heavy atom. The molecule has 3 atom stereocenters. The summed E-state index contributed by atoms with van der Waals surface area (Å²) in [5.74, 6) is -0.353. The Morgan fingerprint density at radius 2 is 1.05 bits per heavy atom. The van der Waals surface area contributed by atoms with Crippen molar-refractivity contribution in [1.82, 2.24) is 0 Å². The van der Waals surface area contributed by atoms with E-state index in [1.54, 1.807) is 0 Å². The molecule has 2 heteroatoms. The molecule has 0 radical (unpaired) electrons. The smallest absolute Gasteiger partial charge is 0.321 e. The molecule has 6 rings (SSSR count). The van der Waals surface area contributed by atoms with Crippen LogP contribution in [0.5, 0.6) is 0 Å². The highest BCUT2D eigenvalue weighted by Crippen LogP contribution is 2.61. The van der Waals surface area contributed by atoms with E-state index in [1.165, 1.54) is 18.2 Å². The standard InChI is InChI=1S/C38H32O2/c1-40-37(39)38(32-25-15-6-16-26-32)34(29-19-9-3-10-20-29)27-33(28-17-7-2-8-18-28)35(30-21-11-4-12-22-30)36(38)31-23-13-5-14-24-31/h2-26,33-34H,27H2,1H3. The van der Waals surface area contributed by atoms with Gasteiger partial charge in [-0.1, -0.05) is 152 Å². The van der Waals surface area contributed by atoms with Gasteiger partial charge in [0.2, 0.25) is 0 Å². The molecule has 40 heavy (non-hydrogen) atoms. The molecule has 0 heterocycles. The Labute approximate surface area is 236 Å². The van der Waals surface area contributed by atoms with E-state index in [0.717, 1.165) is 34.2 Å².